The van der Waals surface area contributed by atoms with Crippen molar-refractivity contribution in [3.05, 3.63) is 70.7 Å². The molecule has 1 amide bonds. The molecule has 1 aliphatic rings. The maximum atomic E-state index is 12.5. The maximum absolute atomic E-state index is 12.5. The van der Waals surface area contributed by atoms with Crippen molar-refractivity contribution in [2.24, 2.45) is 0 Å². The lowest BCUT2D eigenvalue weighted by Gasteiger charge is -2.22. The normalized spacial score (nSPS) is 15.3. The molecule has 31 heavy (non-hydrogen) atoms. The summed E-state index contributed by atoms with van der Waals surface area (Å²) in [5.41, 5.74) is 1.97. The molecule has 0 spiro atoms. The zero-order valence-electron chi connectivity index (χ0n) is 18.6. The third-order valence-electron chi connectivity index (χ3n) is 6.14. The third-order valence-corrected chi connectivity index (χ3v) is 6.14. The van der Waals surface area contributed by atoms with Crippen LogP contribution >= 0.6 is 0 Å². The molecular weight excluding hydrogens is 390 g/mol. The van der Waals surface area contributed by atoms with E-state index in [2.05, 4.69) is 62.2 Å². The lowest BCUT2D eigenvalue weighted by atomic mass is 9.98. The summed E-state index contributed by atoms with van der Waals surface area (Å²) in [6.45, 7) is 10.2. The van der Waals surface area contributed by atoms with E-state index >= 15 is 0 Å². The van der Waals surface area contributed by atoms with Gasteiger partial charge in [0.2, 0.25) is 0 Å². The Morgan fingerprint density at radius 1 is 1.16 bits per heavy atom. The quantitative estimate of drug-likeness (QED) is 0.632. The summed E-state index contributed by atoms with van der Waals surface area (Å²) in [5, 5.41) is 11.7. The SMILES string of the molecule is Cc1cc(C(=O)NCc2nnc3n2CCN(CC[C@@H](C)c2ccccc2)CC3)c(C)o1. The number of nitrogens with one attached hydrogen (secondary N) is 1. The number of rotatable bonds is 7. The summed E-state index contributed by atoms with van der Waals surface area (Å²) in [6, 6.07) is 12.5. The Labute approximate surface area is 183 Å². The Bertz CT molecular complexity index is 1020. The van der Waals surface area contributed by atoms with Gasteiger partial charge in [0.05, 0.1) is 12.1 Å². The van der Waals surface area contributed by atoms with E-state index in [4.69, 9.17) is 4.42 Å². The monoisotopic (exact) mass is 421 g/mol. The summed E-state index contributed by atoms with van der Waals surface area (Å²) in [5.74, 6) is 3.58. The number of fused-ring (bicyclic) bond motifs is 1. The van der Waals surface area contributed by atoms with Gasteiger partial charge in [0.25, 0.3) is 5.91 Å². The van der Waals surface area contributed by atoms with Gasteiger partial charge in [0, 0.05) is 26.1 Å². The van der Waals surface area contributed by atoms with Crippen LogP contribution in [0, 0.1) is 13.8 Å². The molecule has 0 aliphatic carbocycles. The van der Waals surface area contributed by atoms with Crippen LogP contribution in [0.15, 0.2) is 40.8 Å². The summed E-state index contributed by atoms with van der Waals surface area (Å²) in [7, 11) is 0. The van der Waals surface area contributed by atoms with Gasteiger partial charge in [-0.25, -0.2) is 0 Å². The first-order valence-corrected chi connectivity index (χ1v) is 11.0. The van der Waals surface area contributed by atoms with Gasteiger partial charge in [-0.3, -0.25) is 4.79 Å². The number of carbonyl (C=O) groups excluding carboxylic acids is 1. The van der Waals surface area contributed by atoms with E-state index in [-0.39, 0.29) is 5.91 Å². The Balaban J connectivity index is 1.31. The van der Waals surface area contributed by atoms with Crippen molar-refractivity contribution in [1.82, 2.24) is 25.0 Å². The minimum atomic E-state index is -0.142. The number of benzene rings is 1. The fraction of sp³-hybridized carbons (Fsp3) is 0.458. The molecule has 7 heteroatoms. The van der Waals surface area contributed by atoms with Crippen LogP contribution < -0.4 is 5.32 Å². The van der Waals surface area contributed by atoms with E-state index in [9.17, 15) is 4.79 Å². The van der Waals surface area contributed by atoms with E-state index in [0.717, 1.165) is 56.4 Å². The second kappa shape index (κ2) is 9.47. The molecule has 1 N–H and O–H groups in total. The zero-order chi connectivity index (χ0) is 21.8. The Kier molecular flexibility index (Phi) is 6.51. The molecule has 2 aromatic heterocycles. The molecule has 1 aliphatic heterocycles. The molecule has 7 nitrogen and oxygen atoms in total. The van der Waals surface area contributed by atoms with Gasteiger partial charge in [-0.15, -0.1) is 10.2 Å². The maximum Gasteiger partial charge on any atom is 0.255 e. The van der Waals surface area contributed by atoms with Crippen LogP contribution in [0.2, 0.25) is 0 Å². The average Bonchev–Trinajstić information content (AvgIpc) is 3.26. The molecule has 0 unspecified atom stereocenters. The lowest BCUT2D eigenvalue weighted by molar-refractivity contribution is 0.0948. The van der Waals surface area contributed by atoms with Gasteiger partial charge in [0.15, 0.2) is 5.82 Å². The van der Waals surface area contributed by atoms with Gasteiger partial charge in [-0.2, -0.15) is 0 Å². The highest BCUT2D eigenvalue weighted by molar-refractivity contribution is 5.95. The van der Waals surface area contributed by atoms with Crippen LogP contribution in [0.1, 0.15) is 58.4 Å². The van der Waals surface area contributed by atoms with Crippen LogP contribution in [0.4, 0.5) is 0 Å². The van der Waals surface area contributed by atoms with Crippen molar-refractivity contribution in [2.75, 3.05) is 19.6 Å². The van der Waals surface area contributed by atoms with E-state index in [0.29, 0.717) is 23.8 Å². The molecule has 4 rings (SSSR count). The summed E-state index contributed by atoms with van der Waals surface area (Å²) in [4.78, 5) is 15.0. The predicted molar refractivity (Wildman–Crippen MR) is 119 cm³/mol. The number of furan rings is 1. The molecule has 3 heterocycles. The molecular formula is C24H31N5O2. The fourth-order valence-corrected chi connectivity index (χ4v) is 4.22. The number of carbonyl (C=O) groups is 1. The van der Waals surface area contributed by atoms with Crippen molar-refractivity contribution in [3.63, 3.8) is 0 Å². The molecule has 0 saturated carbocycles. The molecule has 0 fully saturated rings. The van der Waals surface area contributed by atoms with Crippen molar-refractivity contribution in [1.29, 1.82) is 0 Å². The average molecular weight is 422 g/mol. The van der Waals surface area contributed by atoms with Crippen LogP contribution in [-0.2, 0) is 19.5 Å². The first-order chi connectivity index (χ1) is 15.0. The van der Waals surface area contributed by atoms with E-state index in [1.165, 1.54) is 5.56 Å². The second-order valence-corrected chi connectivity index (χ2v) is 8.39. The lowest BCUT2D eigenvalue weighted by Crippen LogP contribution is -2.29. The topological polar surface area (TPSA) is 76.2 Å². The fourth-order valence-electron chi connectivity index (χ4n) is 4.22. The highest BCUT2D eigenvalue weighted by atomic mass is 16.3. The van der Waals surface area contributed by atoms with E-state index in [1.54, 1.807) is 13.0 Å². The highest BCUT2D eigenvalue weighted by Crippen LogP contribution is 2.20. The molecule has 0 bridgehead atoms. The predicted octanol–water partition coefficient (Wildman–Crippen LogP) is 3.47. The molecule has 3 aromatic rings. The van der Waals surface area contributed by atoms with Crippen molar-refractivity contribution in [3.8, 4) is 0 Å². The smallest absolute Gasteiger partial charge is 0.255 e. The molecule has 0 radical (unpaired) electrons. The van der Waals surface area contributed by atoms with Gasteiger partial charge in [-0.05, 0) is 44.4 Å². The summed E-state index contributed by atoms with van der Waals surface area (Å²) in [6.07, 6.45) is 2.01. The number of nitrogens with zero attached hydrogens (tertiary/aromatic N) is 4. The van der Waals surface area contributed by atoms with Gasteiger partial charge >= 0.3 is 0 Å². The molecule has 1 aromatic carbocycles. The van der Waals surface area contributed by atoms with Crippen molar-refractivity contribution < 1.29 is 9.21 Å². The van der Waals surface area contributed by atoms with Crippen LogP contribution in [0.5, 0.6) is 0 Å². The standard InChI is InChI=1S/C24H31N5O2/c1-17(20-7-5-4-6-8-20)9-11-28-12-10-22-26-27-23(29(22)14-13-28)16-25-24(30)21-15-18(2)31-19(21)3/h4-8,15,17H,9-14,16H2,1-3H3,(H,25,30)/t17-/m1/s1. The van der Waals surface area contributed by atoms with Gasteiger partial charge in [0.1, 0.15) is 17.3 Å². The van der Waals surface area contributed by atoms with Crippen LogP contribution in [-0.4, -0.2) is 45.2 Å². The summed E-state index contributed by atoms with van der Waals surface area (Å²) < 4.78 is 7.62. The minimum absolute atomic E-state index is 0.142. The van der Waals surface area contributed by atoms with Gasteiger partial charge < -0.3 is 19.2 Å². The van der Waals surface area contributed by atoms with Crippen LogP contribution in [0.3, 0.4) is 0 Å². The van der Waals surface area contributed by atoms with Crippen molar-refractivity contribution >= 4 is 5.91 Å². The number of aromatic nitrogens is 3. The summed E-state index contributed by atoms with van der Waals surface area (Å²) >= 11 is 0. The Morgan fingerprint density at radius 2 is 1.97 bits per heavy atom. The molecule has 164 valence electrons. The van der Waals surface area contributed by atoms with Crippen molar-refractivity contribution in [2.45, 2.75) is 52.6 Å². The van der Waals surface area contributed by atoms with E-state index < -0.39 is 0 Å². The zero-order valence-corrected chi connectivity index (χ0v) is 18.6. The molecule has 0 saturated heterocycles. The number of aryl methyl sites for hydroxylation is 2. The number of hydrogen-bond acceptors (Lipinski definition) is 5. The highest BCUT2D eigenvalue weighted by Gasteiger charge is 2.20. The third kappa shape index (κ3) is 5.05. The largest absolute Gasteiger partial charge is 0.466 e. The number of hydrogen-bond donors (Lipinski definition) is 1. The van der Waals surface area contributed by atoms with Gasteiger partial charge in [-0.1, -0.05) is 37.3 Å². The van der Waals surface area contributed by atoms with E-state index in [1.807, 2.05) is 6.92 Å². The Hall–Kier alpha value is -2.93. The minimum Gasteiger partial charge on any atom is -0.466 e. The number of amides is 1. The van der Waals surface area contributed by atoms with Crippen LogP contribution in [0.25, 0.3) is 0 Å². The second-order valence-electron chi connectivity index (χ2n) is 8.39. The Morgan fingerprint density at radius 3 is 2.71 bits per heavy atom. The first-order valence-electron chi connectivity index (χ1n) is 11.0. The first kappa shape index (κ1) is 21.3. The molecule has 1 atom stereocenters.